The molecule has 4 atom stereocenters. The van der Waals surface area contributed by atoms with Crippen LogP contribution in [0, 0.1) is 40.4 Å². The predicted octanol–water partition coefficient (Wildman–Crippen LogP) is 4.04. The molecule has 4 heteroatoms. The van der Waals surface area contributed by atoms with E-state index in [0.29, 0.717) is 18.3 Å². The molecular weight excluding hydrogens is 352 g/mol. The molecule has 0 spiro atoms. The maximum Gasteiger partial charge on any atom is 0.306 e. The molecule has 8 aliphatic rings. The van der Waals surface area contributed by atoms with Crippen LogP contribution in [0.3, 0.4) is 0 Å². The molecular formula is C24H34O4. The third kappa shape index (κ3) is 2.80. The van der Waals surface area contributed by atoms with E-state index in [1.165, 1.54) is 25.7 Å². The van der Waals surface area contributed by atoms with Crippen LogP contribution in [0.5, 0.6) is 0 Å². The average molecular weight is 387 g/mol. The number of hydrogen-bond acceptors (Lipinski definition) is 4. The molecule has 0 amide bonds. The van der Waals surface area contributed by atoms with E-state index < -0.39 is 5.60 Å². The molecule has 28 heavy (non-hydrogen) atoms. The smallest absolute Gasteiger partial charge is 0.306 e. The van der Waals surface area contributed by atoms with Gasteiger partial charge in [0.1, 0.15) is 0 Å². The summed E-state index contributed by atoms with van der Waals surface area (Å²) in [5.74, 6) is 3.35. The number of aliphatic hydroxyl groups is 1. The fourth-order valence-electron chi connectivity index (χ4n) is 9.72. The molecule has 0 heterocycles. The Hall–Kier alpha value is -0.900. The summed E-state index contributed by atoms with van der Waals surface area (Å²) in [5, 5.41) is 10.9. The van der Waals surface area contributed by atoms with Crippen molar-refractivity contribution in [2.75, 3.05) is 6.61 Å². The largest absolute Gasteiger partial charge is 0.458 e. The molecule has 1 N–H and O–H groups in total. The molecule has 0 aliphatic heterocycles. The number of ketones is 1. The molecule has 0 radical (unpaired) electrons. The van der Waals surface area contributed by atoms with Crippen LogP contribution in [-0.2, 0) is 14.3 Å². The van der Waals surface area contributed by atoms with Crippen molar-refractivity contribution in [1.29, 1.82) is 0 Å². The lowest BCUT2D eigenvalue weighted by Crippen LogP contribution is -2.56. The Kier molecular flexibility index (Phi) is 3.73. The number of ether oxygens (including phenoxy) is 1. The summed E-state index contributed by atoms with van der Waals surface area (Å²) in [6.07, 6.45) is 13.4. The van der Waals surface area contributed by atoms with E-state index in [9.17, 15) is 14.7 Å². The SMILES string of the molecule is O=C(CC12C[C@@H]3C[C@@H](CC(O)(C3)C1)C2)OCC(=O)C12CC3CC(CC(C3)C1)C2. The lowest BCUT2D eigenvalue weighted by molar-refractivity contribution is -0.178. The molecule has 0 aromatic rings. The summed E-state index contributed by atoms with van der Waals surface area (Å²) in [4.78, 5) is 25.8. The Bertz CT molecular complexity index is 660. The van der Waals surface area contributed by atoms with E-state index >= 15 is 0 Å². The van der Waals surface area contributed by atoms with Gasteiger partial charge in [-0.2, -0.15) is 0 Å². The van der Waals surface area contributed by atoms with Crippen LogP contribution in [0.4, 0.5) is 0 Å². The van der Waals surface area contributed by atoms with Gasteiger partial charge in [0, 0.05) is 5.41 Å². The van der Waals surface area contributed by atoms with Gasteiger partial charge in [-0.25, -0.2) is 0 Å². The first-order valence-corrected chi connectivity index (χ1v) is 11.7. The highest BCUT2D eigenvalue weighted by atomic mass is 16.5. The number of carbonyl (C=O) groups is 2. The summed E-state index contributed by atoms with van der Waals surface area (Å²) in [6, 6.07) is 0. The van der Waals surface area contributed by atoms with Gasteiger partial charge >= 0.3 is 5.97 Å². The Morgan fingerprint density at radius 3 is 1.86 bits per heavy atom. The van der Waals surface area contributed by atoms with E-state index in [1.807, 2.05) is 0 Å². The molecule has 0 aromatic carbocycles. The van der Waals surface area contributed by atoms with Gasteiger partial charge in [0.2, 0.25) is 0 Å². The Morgan fingerprint density at radius 1 is 0.786 bits per heavy atom. The van der Waals surface area contributed by atoms with Crippen molar-refractivity contribution in [3.8, 4) is 0 Å². The van der Waals surface area contributed by atoms with Gasteiger partial charge in [-0.05, 0) is 112 Å². The highest BCUT2D eigenvalue weighted by molar-refractivity contribution is 5.88. The van der Waals surface area contributed by atoms with E-state index in [-0.39, 0.29) is 29.2 Å². The highest BCUT2D eigenvalue weighted by Gasteiger charge is 2.58. The zero-order valence-electron chi connectivity index (χ0n) is 17.0. The molecule has 4 nitrogen and oxygen atoms in total. The number of Topliss-reactive ketones (excluding diaryl/α,β-unsaturated/α-hetero) is 1. The molecule has 8 aliphatic carbocycles. The molecule has 2 unspecified atom stereocenters. The van der Waals surface area contributed by atoms with E-state index in [4.69, 9.17) is 4.74 Å². The van der Waals surface area contributed by atoms with Crippen molar-refractivity contribution in [2.24, 2.45) is 40.4 Å². The molecule has 8 saturated carbocycles. The third-order valence-corrected chi connectivity index (χ3v) is 9.66. The minimum absolute atomic E-state index is 0.0157. The molecule has 8 fully saturated rings. The van der Waals surface area contributed by atoms with Gasteiger partial charge in [0.25, 0.3) is 0 Å². The second kappa shape index (κ2) is 5.83. The molecule has 0 aromatic heterocycles. The van der Waals surface area contributed by atoms with E-state index in [0.717, 1.165) is 69.1 Å². The van der Waals surface area contributed by atoms with Crippen molar-refractivity contribution < 1.29 is 19.4 Å². The van der Waals surface area contributed by atoms with Crippen LogP contribution in [0.25, 0.3) is 0 Å². The zero-order chi connectivity index (χ0) is 19.1. The zero-order valence-corrected chi connectivity index (χ0v) is 17.0. The van der Waals surface area contributed by atoms with Crippen LogP contribution in [-0.4, -0.2) is 29.1 Å². The monoisotopic (exact) mass is 386 g/mol. The van der Waals surface area contributed by atoms with Crippen molar-refractivity contribution in [3.05, 3.63) is 0 Å². The summed E-state index contributed by atoms with van der Waals surface area (Å²) >= 11 is 0. The number of carbonyl (C=O) groups excluding carboxylic acids is 2. The maximum atomic E-state index is 13.1. The quantitative estimate of drug-likeness (QED) is 0.725. The van der Waals surface area contributed by atoms with Gasteiger partial charge in [-0.1, -0.05) is 0 Å². The Balaban J connectivity index is 1.09. The van der Waals surface area contributed by atoms with Gasteiger partial charge in [-0.15, -0.1) is 0 Å². The van der Waals surface area contributed by atoms with Crippen LogP contribution in [0.1, 0.15) is 83.5 Å². The fraction of sp³-hybridized carbons (Fsp3) is 0.917. The topological polar surface area (TPSA) is 63.6 Å². The van der Waals surface area contributed by atoms with Crippen molar-refractivity contribution in [1.82, 2.24) is 0 Å². The van der Waals surface area contributed by atoms with Gasteiger partial charge in [-0.3, -0.25) is 9.59 Å². The third-order valence-electron chi connectivity index (χ3n) is 9.66. The van der Waals surface area contributed by atoms with Crippen LogP contribution >= 0.6 is 0 Å². The minimum atomic E-state index is -0.542. The molecule has 154 valence electrons. The van der Waals surface area contributed by atoms with Gasteiger partial charge in [0.05, 0.1) is 12.0 Å². The first kappa shape index (κ1) is 17.9. The lowest BCUT2D eigenvalue weighted by Gasteiger charge is -2.60. The maximum absolute atomic E-state index is 13.1. The van der Waals surface area contributed by atoms with Crippen molar-refractivity contribution >= 4 is 11.8 Å². The number of esters is 1. The fourth-order valence-corrected chi connectivity index (χ4v) is 9.72. The molecule has 8 rings (SSSR count). The van der Waals surface area contributed by atoms with Crippen molar-refractivity contribution in [2.45, 2.75) is 89.1 Å². The summed E-state index contributed by atoms with van der Waals surface area (Å²) < 4.78 is 5.60. The highest BCUT2D eigenvalue weighted by Crippen LogP contribution is 2.63. The normalized spacial score (nSPS) is 52.8. The standard InChI is InChI=1S/C24H34O4/c25-20(23-7-15-1-16(8-23)3-17(2-15)9-23)13-28-21(26)12-22-5-18-4-19(6-22)11-24(27,10-18)14-22/h15-19,27H,1-14H2/t15?,16?,17?,18-,19+,22?,23?,24?. The second-order valence-corrected chi connectivity index (χ2v) is 12.1. The Labute approximate surface area is 167 Å². The second-order valence-electron chi connectivity index (χ2n) is 12.1. The van der Waals surface area contributed by atoms with Gasteiger partial charge < -0.3 is 9.84 Å². The molecule has 8 bridgehead atoms. The van der Waals surface area contributed by atoms with Crippen molar-refractivity contribution in [3.63, 3.8) is 0 Å². The average Bonchev–Trinajstić information content (AvgIpc) is 2.55. The van der Waals surface area contributed by atoms with E-state index in [2.05, 4.69) is 0 Å². The summed E-state index contributed by atoms with van der Waals surface area (Å²) in [5.41, 5.74) is -0.788. The summed E-state index contributed by atoms with van der Waals surface area (Å²) in [7, 11) is 0. The number of rotatable bonds is 5. The molecule has 0 saturated heterocycles. The van der Waals surface area contributed by atoms with Gasteiger partial charge in [0.15, 0.2) is 12.4 Å². The first-order chi connectivity index (χ1) is 13.3. The first-order valence-electron chi connectivity index (χ1n) is 11.7. The van der Waals surface area contributed by atoms with Crippen LogP contribution < -0.4 is 0 Å². The lowest BCUT2D eigenvalue weighted by atomic mass is 9.47. The minimum Gasteiger partial charge on any atom is -0.458 e. The van der Waals surface area contributed by atoms with Crippen LogP contribution in [0.2, 0.25) is 0 Å². The predicted molar refractivity (Wildman–Crippen MR) is 103 cm³/mol. The summed E-state index contributed by atoms with van der Waals surface area (Å²) in [6.45, 7) is -0.0157. The Morgan fingerprint density at radius 2 is 1.32 bits per heavy atom. The van der Waals surface area contributed by atoms with E-state index in [1.54, 1.807) is 0 Å². The van der Waals surface area contributed by atoms with Crippen LogP contribution in [0.15, 0.2) is 0 Å². The number of hydrogen-bond donors (Lipinski definition) is 1.